The molecule has 1 aromatic carbocycles. The zero-order valence-electron chi connectivity index (χ0n) is 14.1. The van der Waals surface area contributed by atoms with Crippen LogP contribution in [0.4, 0.5) is 8.78 Å². The number of aromatic nitrogens is 3. The van der Waals surface area contributed by atoms with Gasteiger partial charge in [0.05, 0.1) is 12.7 Å². The number of amides is 1. The molecule has 0 spiro atoms. The summed E-state index contributed by atoms with van der Waals surface area (Å²) >= 11 is 0. The molecule has 2 aromatic rings. The summed E-state index contributed by atoms with van der Waals surface area (Å²) < 4.78 is 28.2. The molecule has 25 heavy (non-hydrogen) atoms. The Kier molecular flexibility index (Phi) is 4.80. The lowest BCUT2D eigenvalue weighted by molar-refractivity contribution is 0.0618. The third kappa shape index (κ3) is 3.53. The maximum atomic E-state index is 13.5. The van der Waals surface area contributed by atoms with E-state index >= 15 is 0 Å². The maximum absolute atomic E-state index is 13.5. The van der Waals surface area contributed by atoms with Gasteiger partial charge in [-0.3, -0.25) is 9.48 Å². The van der Waals surface area contributed by atoms with Gasteiger partial charge in [-0.25, -0.2) is 8.78 Å². The molecule has 2 heterocycles. The lowest BCUT2D eigenvalue weighted by atomic mass is 9.90. The lowest BCUT2D eigenvalue weighted by Gasteiger charge is -2.35. The van der Waals surface area contributed by atoms with E-state index in [4.69, 9.17) is 5.73 Å². The lowest BCUT2D eigenvalue weighted by Crippen LogP contribution is -2.46. The van der Waals surface area contributed by atoms with E-state index in [-0.39, 0.29) is 11.6 Å². The fourth-order valence-corrected chi connectivity index (χ4v) is 3.42. The minimum Gasteiger partial charge on any atom is -0.331 e. The molecule has 1 saturated heterocycles. The van der Waals surface area contributed by atoms with Gasteiger partial charge in [0.1, 0.15) is 0 Å². The Balaban J connectivity index is 1.79. The summed E-state index contributed by atoms with van der Waals surface area (Å²) in [5.41, 5.74) is 5.94. The molecule has 1 aromatic heterocycles. The van der Waals surface area contributed by atoms with Gasteiger partial charge in [-0.15, -0.1) is 5.10 Å². The quantitative estimate of drug-likeness (QED) is 0.892. The van der Waals surface area contributed by atoms with Crippen molar-refractivity contribution in [2.75, 3.05) is 13.1 Å². The van der Waals surface area contributed by atoms with Crippen LogP contribution in [0.2, 0.25) is 0 Å². The molecular weight excluding hydrogens is 328 g/mol. The molecule has 2 N–H and O–H groups in total. The van der Waals surface area contributed by atoms with Crippen LogP contribution in [-0.4, -0.2) is 44.4 Å². The summed E-state index contributed by atoms with van der Waals surface area (Å²) in [6.45, 7) is 3.47. The van der Waals surface area contributed by atoms with E-state index in [1.807, 2.05) is 6.92 Å². The minimum atomic E-state index is -0.873. The predicted molar refractivity (Wildman–Crippen MR) is 87.8 cm³/mol. The Morgan fingerprint density at radius 1 is 1.36 bits per heavy atom. The number of hydrogen-bond acceptors (Lipinski definition) is 4. The fraction of sp³-hybridized carbons (Fsp3) is 0.471. The Hall–Kier alpha value is -2.35. The minimum absolute atomic E-state index is 0.203. The Bertz CT molecular complexity index is 778. The third-order valence-corrected chi connectivity index (χ3v) is 4.68. The molecule has 1 aliphatic rings. The monoisotopic (exact) mass is 349 g/mol. The van der Waals surface area contributed by atoms with E-state index in [1.54, 1.807) is 17.2 Å². The Morgan fingerprint density at radius 3 is 2.88 bits per heavy atom. The van der Waals surface area contributed by atoms with Crippen molar-refractivity contribution in [2.45, 2.75) is 38.3 Å². The Morgan fingerprint density at radius 2 is 2.16 bits per heavy atom. The maximum Gasteiger partial charge on any atom is 0.276 e. The van der Waals surface area contributed by atoms with Gasteiger partial charge in [0.2, 0.25) is 0 Å². The van der Waals surface area contributed by atoms with E-state index in [2.05, 4.69) is 10.3 Å². The van der Waals surface area contributed by atoms with E-state index in [0.717, 1.165) is 18.9 Å². The first-order chi connectivity index (χ1) is 11.9. The molecule has 1 aliphatic heterocycles. The van der Waals surface area contributed by atoms with Gasteiger partial charge in [-0.05, 0) is 43.9 Å². The van der Waals surface area contributed by atoms with Crippen LogP contribution in [0.5, 0.6) is 0 Å². The summed E-state index contributed by atoms with van der Waals surface area (Å²) in [7, 11) is 0. The first-order valence-electron chi connectivity index (χ1n) is 8.29. The molecule has 1 fully saturated rings. The van der Waals surface area contributed by atoms with Crippen LogP contribution >= 0.6 is 0 Å². The van der Waals surface area contributed by atoms with Crippen molar-refractivity contribution in [1.82, 2.24) is 19.9 Å². The fourth-order valence-electron chi connectivity index (χ4n) is 3.42. The van der Waals surface area contributed by atoms with Crippen molar-refractivity contribution in [2.24, 2.45) is 5.73 Å². The second kappa shape index (κ2) is 6.87. The van der Waals surface area contributed by atoms with Crippen molar-refractivity contribution in [3.8, 4) is 0 Å². The van der Waals surface area contributed by atoms with Crippen LogP contribution in [0.1, 0.15) is 35.8 Å². The molecule has 6 nitrogen and oxygen atoms in total. The average Bonchev–Trinajstić information content (AvgIpc) is 3.18. The molecule has 8 heteroatoms. The molecular formula is C17H21F2N5O. The number of halogens is 2. The largest absolute Gasteiger partial charge is 0.331 e. The summed E-state index contributed by atoms with van der Waals surface area (Å²) in [6, 6.07) is 3.87. The van der Waals surface area contributed by atoms with Crippen LogP contribution in [0, 0.1) is 11.6 Å². The van der Waals surface area contributed by atoms with Crippen LogP contribution in [0.15, 0.2) is 24.4 Å². The van der Waals surface area contributed by atoms with Crippen LogP contribution in [-0.2, 0) is 13.0 Å². The number of hydrogen-bond donors (Lipinski definition) is 1. The SMILES string of the molecule is CC1(Cc2ccc(F)c(F)c2)CCCN1C(=O)c1cn(CCN)nn1. The molecule has 1 unspecified atom stereocenters. The summed E-state index contributed by atoms with van der Waals surface area (Å²) in [4.78, 5) is 14.6. The first kappa shape index (κ1) is 17.5. The topological polar surface area (TPSA) is 77.0 Å². The highest BCUT2D eigenvalue weighted by Gasteiger charge is 2.40. The number of carbonyl (C=O) groups is 1. The summed E-state index contributed by atoms with van der Waals surface area (Å²) in [5, 5.41) is 7.83. The number of likely N-dealkylation sites (tertiary alicyclic amines) is 1. The van der Waals surface area contributed by atoms with Crippen LogP contribution < -0.4 is 5.73 Å². The van der Waals surface area contributed by atoms with Gasteiger partial charge < -0.3 is 10.6 Å². The number of nitrogens with zero attached hydrogens (tertiary/aromatic N) is 4. The molecule has 1 atom stereocenters. The van der Waals surface area contributed by atoms with Gasteiger partial charge in [0.15, 0.2) is 17.3 Å². The predicted octanol–water partition coefficient (Wildman–Crippen LogP) is 1.75. The molecule has 0 radical (unpaired) electrons. The molecule has 0 saturated carbocycles. The van der Waals surface area contributed by atoms with Gasteiger partial charge in [-0.2, -0.15) is 0 Å². The van der Waals surface area contributed by atoms with Crippen LogP contribution in [0.25, 0.3) is 0 Å². The van der Waals surface area contributed by atoms with Gasteiger partial charge in [-0.1, -0.05) is 11.3 Å². The number of carbonyl (C=O) groups excluding carboxylic acids is 1. The molecule has 134 valence electrons. The number of nitrogens with two attached hydrogens (primary N) is 1. The smallest absolute Gasteiger partial charge is 0.276 e. The van der Waals surface area contributed by atoms with Gasteiger partial charge in [0, 0.05) is 18.6 Å². The average molecular weight is 349 g/mol. The van der Waals surface area contributed by atoms with Gasteiger partial charge in [0.25, 0.3) is 5.91 Å². The number of benzene rings is 1. The van der Waals surface area contributed by atoms with E-state index in [0.29, 0.717) is 31.6 Å². The highest BCUT2D eigenvalue weighted by atomic mass is 19.2. The summed E-state index contributed by atoms with van der Waals surface area (Å²) in [6.07, 6.45) is 3.68. The highest BCUT2D eigenvalue weighted by molar-refractivity contribution is 5.92. The molecule has 0 bridgehead atoms. The van der Waals surface area contributed by atoms with Crippen molar-refractivity contribution >= 4 is 5.91 Å². The standard InChI is InChI=1S/C17H21F2N5O/c1-17(10-12-3-4-13(18)14(19)9-12)5-2-7-24(17)16(25)15-11-23(8-6-20)22-21-15/h3-4,9,11H,2,5-8,10,20H2,1H3. The van der Waals surface area contributed by atoms with E-state index in [9.17, 15) is 13.6 Å². The second-order valence-electron chi connectivity index (χ2n) is 6.64. The first-order valence-corrected chi connectivity index (χ1v) is 8.29. The Labute approximate surface area is 144 Å². The zero-order chi connectivity index (χ0) is 18.0. The number of rotatable bonds is 5. The van der Waals surface area contributed by atoms with Crippen molar-refractivity contribution in [1.29, 1.82) is 0 Å². The van der Waals surface area contributed by atoms with Crippen molar-refractivity contribution in [3.05, 3.63) is 47.3 Å². The normalized spacial score (nSPS) is 20.2. The van der Waals surface area contributed by atoms with E-state index < -0.39 is 17.2 Å². The molecule has 0 aliphatic carbocycles. The molecule has 1 amide bonds. The summed E-state index contributed by atoms with van der Waals surface area (Å²) in [5.74, 6) is -1.95. The third-order valence-electron chi connectivity index (χ3n) is 4.68. The zero-order valence-corrected chi connectivity index (χ0v) is 14.1. The van der Waals surface area contributed by atoms with Crippen molar-refractivity contribution in [3.63, 3.8) is 0 Å². The highest BCUT2D eigenvalue weighted by Crippen LogP contribution is 2.33. The molecule has 3 rings (SSSR count). The van der Waals surface area contributed by atoms with Crippen LogP contribution in [0.3, 0.4) is 0 Å². The van der Waals surface area contributed by atoms with E-state index in [1.165, 1.54) is 10.7 Å². The van der Waals surface area contributed by atoms with Crippen molar-refractivity contribution < 1.29 is 13.6 Å². The van der Waals surface area contributed by atoms with Gasteiger partial charge >= 0.3 is 0 Å². The second-order valence-corrected chi connectivity index (χ2v) is 6.64.